The molecule has 0 radical (unpaired) electrons. The van der Waals surface area contributed by atoms with Gasteiger partial charge in [-0.15, -0.1) is 0 Å². The molecule has 0 aromatic heterocycles. The quantitative estimate of drug-likeness (QED) is 0.921. The Bertz CT molecular complexity index is 512. The Labute approximate surface area is 118 Å². The highest BCUT2D eigenvalue weighted by Gasteiger charge is 2.17. The van der Waals surface area contributed by atoms with E-state index in [1.807, 2.05) is 12.1 Å². The first kappa shape index (κ1) is 12.3. The van der Waals surface area contributed by atoms with Crippen molar-refractivity contribution < 1.29 is 0 Å². The normalized spacial score (nSPS) is 14.5. The van der Waals surface area contributed by atoms with Crippen LogP contribution in [0.25, 0.3) is 0 Å². The highest BCUT2D eigenvalue weighted by Crippen LogP contribution is 2.24. The number of nitrogens with zero attached hydrogens (tertiary/aromatic N) is 1. The Morgan fingerprint density at radius 3 is 1.95 bits per heavy atom. The molecule has 0 unspecified atom stereocenters. The van der Waals surface area contributed by atoms with E-state index >= 15 is 0 Å². The Morgan fingerprint density at radius 1 is 0.895 bits per heavy atom. The first-order chi connectivity index (χ1) is 9.43. The molecule has 19 heavy (non-hydrogen) atoms. The van der Waals surface area contributed by atoms with Gasteiger partial charge in [0.25, 0.3) is 0 Å². The zero-order chi connectivity index (χ0) is 12.9. The molecular weight excluding hydrogens is 252 g/mol. The molecular formula is C16H16N2S. The predicted molar refractivity (Wildman–Crippen MR) is 82.6 cm³/mol. The molecule has 1 aliphatic heterocycles. The number of rotatable bonds is 3. The topological polar surface area (TPSA) is 24.4 Å². The van der Waals surface area contributed by atoms with E-state index < -0.39 is 0 Å². The van der Waals surface area contributed by atoms with Crippen molar-refractivity contribution in [1.29, 1.82) is 0 Å². The molecule has 96 valence electrons. The largest absolute Gasteiger partial charge is 0.354 e. The molecule has 2 aromatic rings. The average Bonchev–Trinajstić information content (AvgIpc) is 3.00. The molecule has 0 spiro atoms. The number of amidine groups is 1. The molecule has 0 saturated carbocycles. The molecule has 1 N–H and O–H groups in total. The van der Waals surface area contributed by atoms with Crippen molar-refractivity contribution in [3.8, 4) is 0 Å². The van der Waals surface area contributed by atoms with Crippen LogP contribution in [0.2, 0.25) is 0 Å². The van der Waals surface area contributed by atoms with Crippen LogP contribution in [0.1, 0.15) is 17.2 Å². The van der Waals surface area contributed by atoms with Crippen LogP contribution in [0.15, 0.2) is 65.7 Å². The van der Waals surface area contributed by atoms with Gasteiger partial charge in [-0.05, 0) is 11.1 Å². The van der Waals surface area contributed by atoms with Gasteiger partial charge in [-0.25, -0.2) is 0 Å². The van der Waals surface area contributed by atoms with E-state index in [2.05, 4.69) is 58.8 Å². The number of thioether (sulfide) groups is 1. The lowest BCUT2D eigenvalue weighted by Crippen LogP contribution is -2.26. The summed E-state index contributed by atoms with van der Waals surface area (Å²) in [6, 6.07) is 21.2. The van der Waals surface area contributed by atoms with Crippen LogP contribution < -0.4 is 5.32 Å². The van der Waals surface area contributed by atoms with Crippen molar-refractivity contribution in [2.24, 2.45) is 4.99 Å². The van der Waals surface area contributed by atoms with Crippen LogP contribution in [0.5, 0.6) is 0 Å². The van der Waals surface area contributed by atoms with E-state index in [1.54, 1.807) is 11.8 Å². The Hall–Kier alpha value is -1.74. The Balaban J connectivity index is 1.91. The van der Waals surface area contributed by atoms with E-state index in [-0.39, 0.29) is 6.04 Å². The van der Waals surface area contributed by atoms with Crippen LogP contribution in [-0.2, 0) is 0 Å². The molecule has 1 heterocycles. The summed E-state index contributed by atoms with van der Waals surface area (Å²) < 4.78 is 0. The second-order valence-corrected chi connectivity index (χ2v) is 5.52. The van der Waals surface area contributed by atoms with Crippen LogP contribution in [0, 0.1) is 0 Å². The van der Waals surface area contributed by atoms with Gasteiger partial charge in [0.1, 0.15) is 0 Å². The van der Waals surface area contributed by atoms with Crippen LogP contribution in [-0.4, -0.2) is 17.5 Å². The second kappa shape index (κ2) is 5.93. The molecule has 0 atom stereocenters. The molecule has 1 aliphatic rings. The van der Waals surface area contributed by atoms with Gasteiger partial charge >= 0.3 is 0 Å². The molecule has 0 fully saturated rings. The molecule has 0 aliphatic carbocycles. The fourth-order valence-electron chi connectivity index (χ4n) is 2.20. The van der Waals surface area contributed by atoms with Crippen LogP contribution in [0.3, 0.4) is 0 Å². The standard InChI is InChI=1S/C16H16N2S/c1-3-7-13(8-4-1)15(14-9-5-2-6-10-14)18-16-17-11-12-19-16/h1-10,15H,11-12H2,(H,17,18). The number of hydrogen-bond donors (Lipinski definition) is 1. The summed E-state index contributed by atoms with van der Waals surface area (Å²) in [6.07, 6.45) is 0. The Morgan fingerprint density at radius 2 is 1.47 bits per heavy atom. The highest BCUT2D eigenvalue weighted by molar-refractivity contribution is 8.14. The van der Waals surface area contributed by atoms with Crippen molar-refractivity contribution >= 4 is 16.9 Å². The van der Waals surface area contributed by atoms with Gasteiger partial charge in [-0.2, -0.15) is 0 Å². The van der Waals surface area contributed by atoms with Gasteiger partial charge in [-0.3, -0.25) is 4.99 Å². The van der Waals surface area contributed by atoms with E-state index in [1.165, 1.54) is 11.1 Å². The smallest absolute Gasteiger partial charge is 0.157 e. The molecule has 3 rings (SSSR count). The molecule has 3 heteroatoms. The fraction of sp³-hybridized carbons (Fsp3) is 0.188. The minimum absolute atomic E-state index is 0.173. The summed E-state index contributed by atoms with van der Waals surface area (Å²) in [4.78, 5) is 4.50. The summed E-state index contributed by atoms with van der Waals surface area (Å²) in [5.41, 5.74) is 2.54. The monoisotopic (exact) mass is 268 g/mol. The van der Waals surface area contributed by atoms with Gasteiger partial charge in [-0.1, -0.05) is 72.4 Å². The SMILES string of the molecule is c1ccc(C(NC2=NCCS2)c2ccccc2)cc1. The predicted octanol–water partition coefficient (Wildman–Crippen LogP) is 3.47. The van der Waals surface area contributed by atoms with Crippen LogP contribution in [0.4, 0.5) is 0 Å². The number of benzene rings is 2. The summed E-state index contributed by atoms with van der Waals surface area (Å²) in [5.74, 6) is 1.08. The minimum atomic E-state index is 0.173. The second-order valence-electron chi connectivity index (χ2n) is 4.43. The van der Waals surface area contributed by atoms with Gasteiger partial charge in [0.05, 0.1) is 12.6 Å². The average molecular weight is 268 g/mol. The van der Waals surface area contributed by atoms with Gasteiger partial charge in [0, 0.05) is 5.75 Å². The number of nitrogens with one attached hydrogen (secondary N) is 1. The van der Waals surface area contributed by atoms with Crippen molar-refractivity contribution in [2.45, 2.75) is 6.04 Å². The van der Waals surface area contributed by atoms with E-state index in [9.17, 15) is 0 Å². The Kier molecular flexibility index (Phi) is 3.84. The molecule has 0 amide bonds. The summed E-state index contributed by atoms with van der Waals surface area (Å²) in [7, 11) is 0. The maximum atomic E-state index is 4.50. The van der Waals surface area contributed by atoms with Crippen molar-refractivity contribution in [1.82, 2.24) is 5.32 Å². The van der Waals surface area contributed by atoms with Crippen molar-refractivity contribution in [2.75, 3.05) is 12.3 Å². The van der Waals surface area contributed by atoms with E-state index in [0.717, 1.165) is 17.5 Å². The molecule has 0 saturated heterocycles. The van der Waals surface area contributed by atoms with E-state index in [4.69, 9.17) is 0 Å². The number of aliphatic imine (C=N–C) groups is 1. The molecule has 2 aromatic carbocycles. The maximum absolute atomic E-state index is 4.50. The third kappa shape index (κ3) is 2.99. The lowest BCUT2D eigenvalue weighted by Gasteiger charge is -2.20. The third-order valence-electron chi connectivity index (χ3n) is 3.12. The maximum Gasteiger partial charge on any atom is 0.157 e. The minimum Gasteiger partial charge on any atom is -0.354 e. The lowest BCUT2D eigenvalue weighted by atomic mass is 9.99. The number of hydrogen-bond acceptors (Lipinski definition) is 3. The van der Waals surface area contributed by atoms with Gasteiger partial charge in [0.15, 0.2) is 5.17 Å². The van der Waals surface area contributed by atoms with Gasteiger partial charge < -0.3 is 5.32 Å². The first-order valence-electron chi connectivity index (χ1n) is 6.47. The molecule has 0 bridgehead atoms. The lowest BCUT2D eigenvalue weighted by molar-refractivity contribution is 0.769. The van der Waals surface area contributed by atoms with Crippen molar-refractivity contribution in [3.05, 3.63) is 71.8 Å². The summed E-state index contributed by atoms with van der Waals surface area (Å²) in [6.45, 7) is 0.920. The van der Waals surface area contributed by atoms with Crippen molar-refractivity contribution in [3.63, 3.8) is 0 Å². The first-order valence-corrected chi connectivity index (χ1v) is 7.46. The van der Waals surface area contributed by atoms with Gasteiger partial charge in [0.2, 0.25) is 0 Å². The zero-order valence-electron chi connectivity index (χ0n) is 10.6. The summed E-state index contributed by atoms with van der Waals surface area (Å²) >= 11 is 1.80. The van der Waals surface area contributed by atoms with E-state index in [0.29, 0.717) is 0 Å². The van der Waals surface area contributed by atoms with Crippen LogP contribution >= 0.6 is 11.8 Å². The summed E-state index contributed by atoms with van der Waals surface area (Å²) in [5, 5.41) is 4.61. The third-order valence-corrected chi connectivity index (χ3v) is 4.03. The highest BCUT2D eigenvalue weighted by atomic mass is 32.2. The molecule has 2 nitrogen and oxygen atoms in total. The zero-order valence-corrected chi connectivity index (χ0v) is 11.4. The fourth-order valence-corrected chi connectivity index (χ4v) is 2.96.